The van der Waals surface area contributed by atoms with Gasteiger partial charge in [-0.1, -0.05) is 17.7 Å². The maximum atomic E-state index is 14.0. The topological polar surface area (TPSA) is 107 Å². The van der Waals surface area contributed by atoms with Crippen molar-refractivity contribution in [3.05, 3.63) is 51.0 Å². The van der Waals surface area contributed by atoms with Gasteiger partial charge in [-0.2, -0.15) is 4.98 Å². The summed E-state index contributed by atoms with van der Waals surface area (Å²) in [6.45, 7) is 1.36. The third-order valence-corrected chi connectivity index (χ3v) is 5.69. The van der Waals surface area contributed by atoms with Crippen LogP contribution in [0, 0.1) is 5.82 Å². The summed E-state index contributed by atoms with van der Waals surface area (Å²) in [5.41, 5.74) is 5.79. The van der Waals surface area contributed by atoms with Gasteiger partial charge in [-0.25, -0.2) is 9.18 Å². The Kier molecular flexibility index (Phi) is 5.80. The van der Waals surface area contributed by atoms with Gasteiger partial charge >= 0.3 is 6.03 Å². The second kappa shape index (κ2) is 8.51. The average Bonchev–Trinajstić information content (AvgIpc) is 3.52. The molecule has 0 spiro atoms. The van der Waals surface area contributed by atoms with Crippen LogP contribution in [-0.2, 0) is 6.54 Å². The van der Waals surface area contributed by atoms with E-state index in [0.29, 0.717) is 23.1 Å². The van der Waals surface area contributed by atoms with Crippen LogP contribution in [0.1, 0.15) is 31.2 Å². The Morgan fingerprint density at radius 2 is 2.13 bits per heavy atom. The second-order valence-electron chi connectivity index (χ2n) is 7.77. The largest absolute Gasteiger partial charge is 0.383 e. The highest BCUT2D eigenvalue weighted by atomic mass is 35.5. The Bertz CT molecular complexity index is 996. The minimum Gasteiger partial charge on any atom is -0.383 e. The minimum absolute atomic E-state index is 0.0342. The summed E-state index contributed by atoms with van der Waals surface area (Å²) in [7, 11) is 0. The number of anilines is 2. The Morgan fingerprint density at radius 3 is 2.83 bits per heavy atom. The molecule has 4 N–H and O–H groups in total. The Hall–Kier alpha value is -2.81. The number of amides is 2. The standard InChI is InChI=1S/C20H24ClFN6O2/c21-13-4-3-12(16(22)8-13)10-24-20(30)28(14-5-6-14)15-2-1-7-27(11-15)19-25-17(23)9-18(29)26-19/h3-4,8-9,14-15H,1-2,5-7,10-11H2,(H,24,30)(H3,23,25,26,29)/t15-/m1/s1. The van der Waals surface area contributed by atoms with E-state index >= 15 is 0 Å². The van der Waals surface area contributed by atoms with Crippen LogP contribution >= 0.6 is 11.6 Å². The van der Waals surface area contributed by atoms with Crippen LogP contribution in [-0.4, -0.2) is 46.1 Å². The van der Waals surface area contributed by atoms with Crippen molar-refractivity contribution in [3.8, 4) is 0 Å². The van der Waals surface area contributed by atoms with Crippen molar-refractivity contribution in [2.24, 2.45) is 0 Å². The number of carbonyl (C=O) groups is 1. The SMILES string of the molecule is Nc1cc(=O)[nH]c(N2CCC[C@@H](N(C(=O)NCc3ccc(Cl)cc3F)C3CC3)C2)n1. The van der Waals surface area contributed by atoms with Gasteiger partial charge in [0.15, 0.2) is 0 Å². The molecule has 2 aromatic rings. The lowest BCUT2D eigenvalue weighted by atomic mass is 10.0. The number of hydrogen-bond acceptors (Lipinski definition) is 5. The Labute approximate surface area is 178 Å². The molecule has 10 heteroatoms. The fraction of sp³-hybridized carbons (Fsp3) is 0.450. The smallest absolute Gasteiger partial charge is 0.318 e. The molecule has 1 saturated carbocycles. The van der Waals surface area contributed by atoms with E-state index in [-0.39, 0.29) is 36.0 Å². The number of nitrogen functional groups attached to an aromatic ring is 1. The zero-order valence-electron chi connectivity index (χ0n) is 16.4. The molecule has 2 amide bonds. The summed E-state index contributed by atoms with van der Waals surface area (Å²) in [6, 6.07) is 5.58. The van der Waals surface area contributed by atoms with Gasteiger partial charge in [-0.05, 0) is 37.8 Å². The molecule has 1 aromatic heterocycles. The first-order valence-electron chi connectivity index (χ1n) is 10.0. The maximum absolute atomic E-state index is 14.0. The monoisotopic (exact) mass is 434 g/mol. The number of nitrogens with one attached hydrogen (secondary N) is 2. The molecule has 2 heterocycles. The molecule has 2 fully saturated rings. The molecular weight excluding hydrogens is 411 g/mol. The predicted octanol–water partition coefficient (Wildman–Crippen LogP) is 2.49. The lowest BCUT2D eigenvalue weighted by Gasteiger charge is -2.39. The van der Waals surface area contributed by atoms with Gasteiger partial charge < -0.3 is 20.9 Å². The quantitative estimate of drug-likeness (QED) is 0.670. The van der Waals surface area contributed by atoms with Crippen LogP contribution in [0.2, 0.25) is 5.02 Å². The molecule has 30 heavy (non-hydrogen) atoms. The van der Waals surface area contributed by atoms with Crippen molar-refractivity contribution >= 4 is 29.4 Å². The number of aromatic amines is 1. The number of halogens is 2. The van der Waals surface area contributed by atoms with E-state index in [1.54, 1.807) is 12.1 Å². The number of piperidine rings is 1. The number of aromatic nitrogens is 2. The molecule has 0 radical (unpaired) electrons. The van der Waals surface area contributed by atoms with E-state index < -0.39 is 5.82 Å². The molecule has 0 unspecified atom stereocenters. The van der Waals surface area contributed by atoms with Gasteiger partial charge in [0.05, 0.1) is 6.04 Å². The van der Waals surface area contributed by atoms with Crippen LogP contribution in [0.15, 0.2) is 29.1 Å². The summed E-state index contributed by atoms with van der Waals surface area (Å²) in [6.07, 6.45) is 3.60. The van der Waals surface area contributed by atoms with Crippen LogP contribution in [0.4, 0.5) is 21.0 Å². The van der Waals surface area contributed by atoms with Gasteiger partial charge in [0, 0.05) is 42.3 Å². The zero-order chi connectivity index (χ0) is 21.3. The molecule has 4 rings (SSSR count). The predicted molar refractivity (Wildman–Crippen MR) is 113 cm³/mol. The maximum Gasteiger partial charge on any atom is 0.318 e. The number of carbonyl (C=O) groups excluding carboxylic acids is 1. The number of hydrogen-bond donors (Lipinski definition) is 3. The van der Waals surface area contributed by atoms with E-state index in [1.807, 2.05) is 9.80 Å². The molecule has 1 aromatic carbocycles. The van der Waals surface area contributed by atoms with Crippen LogP contribution in [0.5, 0.6) is 0 Å². The first-order valence-corrected chi connectivity index (χ1v) is 10.4. The van der Waals surface area contributed by atoms with Crippen LogP contribution in [0.25, 0.3) is 0 Å². The van der Waals surface area contributed by atoms with Crippen molar-refractivity contribution < 1.29 is 9.18 Å². The number of urea groups is 1. The average molecular weight is 435 g/mol. The van der Waals surface area contributed by atoms with E-state index in [4.69, 9.17) is 17.3 Å². The van der Waals surface area contributed by atoms with Gasteiger partial charge in [0.2, 0.25) is 5.95 Å². The lowest BCUT2D eigenvalue weighted by molar-refractivity contribution is 0.160. The fourth-order valence-electron chi connectivity index (χ4n) is 3.90. The van der Waals surface area contributed by atoms with E-state index in [2.05, 4.69) is 15.3 Å². The number of rotatable bonds is 5. The molecule has 0 bridgehead atoms. The highest BCUT2D eigenvalue weighted by molar-refractivity contribution is 6.30. The molecule has 1 aliphatic heterocycles. The lowest BCUT2D eigenvalue weighted by Crippen LogP contribution is -2.54. The zero-order valence-corrected chi connectivity index (χ0v) is 17.2. The van der Waals surface area contributed by atoms with Gasteiger partial charge in [0.1, 0.15) is 11.6 Å². The summed E-state index contributed by atoms with van der Waals surface area (Å²) in [4.78, 5) is 35.5. The highest BCUT2D eigenvalue weighted by Crippen LogP contribution is 2.32. The number of nitrogens with two attached hydrogens (primary N) is 1. The van der Waals surface area contributed by atoms with Crippen molar-refractivity contribution in [1.82, 2.24) is 20.2 Å². The molecule has 2 aliphatic rings. The minimum atomic E-state index is -0.443. The normalized spacial score (nSPS) is 18.9. The summed E-state index contributed by atoms with van der Waals surface area (Å²) < 4.78 is 14.0. The van der Waals surface area contributed by atoms with E-state index in [1.165, 1.54) is 12.1 Å². The van der Waals surface area contributed by atoms with Gasteiger partial charge in [0.25, 0.3) is 5.56 Å². The van der Waals surface area contributed by atoms with E-state index in [9.17, 15) is 14.0 Å². The Morgan fingerprint density at radius 1 is 1.33 bits per heavy atom. The summed E-state index contributed by atoms with van der Waals surface area (Å²) in [5.74, 6) is 0.142. The van der Waals surface area contributed by atoms with Crippen molar-refractivity contribution in [1.29, 1.82) is 0 Å². The van der Waals surface area contributed by atoms with Gasteiger partial charge in [-0.3, -0.25) is 9.78 Å². The summed E-state index contributed by atoms with van der Waals surface area (Å²) >= 11 is 5.79. The van der Waals surface area contributed by atoms with Crippen LogP contribution in [0.3, 0.4) is 0 Å². The first-order chi connectivity index (χ1) is 14.4. The Balaban J connectivity index is 1.45. The van der Waals surface area contributed by atoms with Crippen LogP contribution < -0.4 is 21.5 Å². The highest BCUT2D eigenvalue weighted by Gasteiger charge is 2.39. The van der Waals surface area contributed by atoms with Gasteiger partial charge in [-0.15, -0.1) is 0 Å². The molecule has 1 aliphatic carbocycles. The second-order valence-corrected chi connectivity index (χ2v) is 8.21. The number of H-pyrrole nitrogens is 1. The third kappa shape index (κ3) is 4.67. The number of nitrogens with zero attached hydrogens (tertiary/aromatic N) is 3. The van der Waals surface area contributed by atoms with E-state index in [0.717, 1.165) is 32.2 Å². The number of benzene rings is 1. The fourth-order valence-corrected chi connectivity index (χ4v) is 4.06. The van der Waals surface area contributed by atoms with Crippen molar-refractivity contribution in [2.75, 3.05) is 23.7 Å². The molecular formula is C20H24ClFN6O2. The first kappa shape index (κ1) is 20.5. The third-order valence-electron chi connectivity index (χ3n) is 5.46. The molecule has 1 saturated heterocycles. The molecule has 160 valence electrons. The molecule has 1 atom stereocenters. The van der Waals surface area contributed by atoms with Crippen molar-refractivity contribution in [2.45, 2.75) is 44.3 Å². The summed E-state index contributed by atoms with van der Waals surface area (Å²) in [5, 5.41) is 3.16. The molecule has 8 nitrogen and oxygen atoms in total. The van der Waals surface area contributed by atoms with Crippen molar-refractivity contribution in [3.63, 3.8) is 0 Å².